The topological polar surface area (TPSA) is 32.3 Å². The van der Waals surface area contributed by atoms with Crippen molar-refractivity contribution in [1.29, 1.82) is 0 Å². The number of aliphatic hydroxyl groups excluding tert-OH is 1. The maximum atomic E-state index is 13.4. The van der Waals surface area contributed by atoms with Crippen molar-refractivity contribution in [2.75, 3.05) is 11.9 Å². The summed E-state index contributed by atoms with van der Waals surface area (Å²) in [7, 11) is 0. The van der Waals surface area contributed by atoms with Crippen LogP contribution < -0.4 is 5.32 Å². The van der Waals surface area contributed by atoms with Crippen molar-refractivity contribution < 1.29 is 22.7 Å². The van der Waals surface area contributed by atoms with Gasteiger partial charge in [0.25, 0.3) is 0 Å². The van der Waals surface area contributed by atoms with Gasteiger partial charge in [-0.2, -0.15) is 0 Å². The molecule has 2 N–H and O–H groups in total. The molecule has 0 spiro atoms. The average Bonchev–Trinajstić information content (AvgIpc) is 2.89. The Balaban J connectivity index is 1.96. The summed E-state index contributed by atoms with van der Waals surface area (Å²) >= 11 is 0. The fraction of sp³-hybridized carbons (Fsp3) is 0.571. The Morgan fingerprint density at radius 3 is 2.20 bits per heavy atom. The van der Waals surface area contributed by atoms with Crippen molar-refractivity contribution in [2.24, 2.45) is 5.92 Å². The lowest BCUT2D eigenvalue weighted by molar-refractivity contribution is 0.154. The predicted molar refractivity (Wildman–Crippen MR) is 67.3 cm³/mol. The first kappa shape index (κ1) is 15.1. The average molecular weight is 291 g/mol. The van der Waals surface area contributed by atoms with E-state index in [0.717, 1.165) is 25.7 Å². The summed E-state index contributed by atoms with van der Waals surface area (Å²) in [6, 6.07) is 0.158. The van der Waals surface area contributed by atoms with Gasteiger partial charge in [0.2, 0.25) is 0 Å². The molecule has 0 amide bonds. The van der Waals surface area contributed by atoms with Gasteiger partial charge in [-0.25, -0.2) is 17.6 Å². The molecule has 0 heterocycles. The summed E-state index contributed by atoms with van der Waals surface area (Å²) in [4.78, 5) is 0. The molecule has 1 aliphatic rings. The SMILES string of the molecule is OC(CNc1c(F)c(F)cc(F)c1F)CC1CCCC1. The smallest absolute Gasteiger partial charge is 0.185 e. The fourth-order valence-corrected chi connectivity index (χ4v) is 2.66. The van der Waals surface area contributed by atoms with Crippen LogP contribution in [0.5, 0.6) is 0 Å². The van der Waals surface area contributed by atoms with E-state index in [4.69, 9.17) is 0 Å². The number of hydrogen-bond acceptors (Lipinski definition) is 2. The van der Waals surface area contributed by atoms with Gasteiger partial charge in [-0.15, -0.1) is 0 Å². The number of rotatable bonds is 5. The van der Waals surface area contributed by atoms with E-state index < -0.39 is 35.1 Å². The van der Waals surface area contributed by atoms with Crippen LogP contribution in [0.1, 0.15) is 32.1 Å². The van der Waals surface area contributed by atoms with Crippen molar-refractivity contribution in [3.8, 4) is 0 Å². The third kappa shape index (κ3) is 3.42. The van der Waals surface area contributed by atoms with Crippen LogP contribution in [-0.2, 0) is 0 Å². The quantitative estimate of drug-likeness (QED) is 0.642. The van der Waals surface area contributed by atoms with Gasteiger partial charge in [0.1, 0.15) is 5.69 Å². The molecule has 1 aromatic carbocycles. The number of aliphatic hydroxyl groups is 1. The Morgan fingerprint density at radius 1 is 1.10 bits per heavy atom. The standard InChI is InChI=1S/C14H17F4NO/c15-10-6-11(16)13(18)14(12(10)17)19-7-9(20)5-8-3-1-2-4-8/h6,8-9,19-20H,1-5,7H2. The molecule has 1 aliphatic carbocycles. The van der Waals surface area contributed by atoms with E-state index in [1.165, 1.54) is 0 Å². The Kier molecular flexibility index (Phi) is 4.86. The van der Waals surface area contributed by atoms with E-state index in [-0.39, 0.29) is 12.6 Å². The second kappa shape index (κ2) is 6.43. The Morgan fingerprint density at radius 2 is 1.65 bits per heavy atom. The minimum absolute atomic E-state index is 0.146. The molecule has 1 fully saturated rings. The van der Waals surface area contributed by atoms with Gasteiger partial charge in [-0.1, -0.05) is 25.7 Å². The zero-order valence-electron chi connectivity index (χ0n) is 10.9. The molecule has 6 heteroatoms. The zero-order valence-corrected chi connectivity index (χ0v) is 10.9. The summed E-state index contributed by atoms with van der Waals surface area (Å²) < 4.78 is 52.7. The van der Waals surface area contributed by atoms with Crippen LogP contribution in [-0.4, -0.2) is 17.8 Å². The van der Waals surface area contributed by atoms with Crippen LogP contribution in [0.3, 0.4) is 0 Å². The molecule has 1 saturated carbocycles. The molecule has 0 radical (unpaired) electrons. The fourth-order valence-electron chi connectivity index (χ4n) is 2.66. The highest BCUT2D eigenvalue weighted by Crippen LogP contribution is 2.29. The van der Waals surface area contributed by atoms with Crippen LogP contribution in [0.15, 0.2) is 6.07 Å². The third-order valence-corrected chi connectivity index (χ3v) is 3.71. The Bertz CT molecular complexity index is 448. The van der Waals surface area contributed by atoms with E-state index in [2.05, 4.69) is 5.32 Å². The van der Waals surface area contributed by atoms with Gasteiger partial charge in [0.15, 0.2) is 23.3 Å². The van der Waals surface area contributed by atoms with E-state index in [1.54, 1.807) is 0 Å². The zero-order chi connectivity index (χ0) is 14.7. The maximum Gasteiger partial charge on any atom is 0.185 e. The predicted octanol–water partition coefficient (Wildman–Crippen LogP) is 3.60. The molecular weight excluding hydrogens is 274 g/mol. The van der Waals surface area contributed by atoms with Crippen molar-refractivity contribution >= 4 is 5.69 Å². The molecule has 0 saturated heterocycles. The van der Waals surface area contributed by atoms with Crippen LogP contribution >= 0.6 is 0 Å². The number of hydrogen-bond donors (Lipinski definition) is 2. The summed E-state index contributed by atoms with van der Waals surface area (Å²) in [5.41, 5.74) is -0.868. The normalized spacial score (nSPS) is 17.4. The van der Waals surface area contributed by atoms with Crippen LogP contribution in [0.4, 0.5) is 23.2 Å². The highest BCUT2D eigenvalue weighted by molar-refractivity contribution is 5.47. The van der Waals surface area contributed by atoms with Crippen molar-refractivity contribution in [2.45, 2.75) is 38.2 Å². The van der Waals surface area contributed by atoms with Crippen LogP contribution in [0.25, 0.3) is 0 Å². The second-order valence-corrected chi connectivity index (χ2v) is 5.26. The molecule has 1 unspecified atom stereocenters. The highest BCUT2D eigenvalue weighted by atomic mass is 19.2. The molecule has 20 heavy (non-hydrogen) atoms. The van der Waals surface area contributed by atoms with Crippen molar-refractivity contribution in [3.63, 3.8) is 0 Å². The molecule has 2 rings (SSSR count). The van der Waals surface area contributed by atoms with Crippen LogP contribution in [0.2, 0.25) is 0 Å². The lowest BCUT2D eigenvalue weighted by Crippen LogP contribution is -2.23. The van der Waals surface area contributed by atoms with Gasteiger partial charge in [0, 0.05) is 12.6 Å². The number of benzene rings is 1. The number of nitrogens with one attached hydrogen (secondary N) is 1. The molecule has 1 atom stereocenters. The van der Waals surface area contributed by atoms with Gasteiger partial charge in [0.05, 0.1) is 6.10 Å². The number of anilines is 1. The van der Waals surface area contributed by atoms with Crippen molar-refractivity contribution in [1.82, 2.24) is 0 Å². The summed E-state index contributed by atoms with van der Waals surface area (Å²) in [5, 5.41) is 12.1. The first-order chi connectivity index (χ1) is 9.49. The monoisotopic (exact) mass is 291 g/mol. The van der Waals surface area contributed by atoms with E-state index in [0.29, 0.717) is 12.3 Å². The first-order valence-corrected chi connectivity index (χ1v) is 6.74. The minimum atomic E-state index is -1.48. The van der Waals surface area contributed by atoms with Crippen LogP contribution in [0, 0.1) is 29.2 Å². The van der Waals surface area contributed by atoms with Gasteiger partial charge < -0.3 is 10.4 Å². The van der Waals surface area contributed by atoms with E-state index in [9.17, 15) is 22.7 Å². The lowest BCUT2D eigenvalue weighted by Gasteiger charge is -2.17. The molecule has 0 aromatic heterocycles. The lowest BCUT2D eigenvalue weighted by atomic mass is 10.00. The first-order valence-electron chi connectivity index (χ1n) is 6.74. The molecule has 0 aliphatic heterocycles. The summed E-state index contributed by atoms with van der Waals surface area (Å²) in [6.45, 7) is -0.146. The summed E-state index contributed by atoms with van der Waals surface area (Å²) in [6.07, 6.45) is 4.05. The largest absolute Gasteiger partial charge is 0.391 e. The molecule has 0 bridgehead atoms. The molecule has 2 nitrogen and oxygen atoms in total. The summed E-state index contributed by atoms with van der Waals surface area (Å²) in [5.74, 6) is -5.46. The third-order valence-electron chi connectivity index (χ3n) is 3.71. The molecule has 112 valence electrons. The Labute approximate surface area is 114 Å². The second-order valence-electron chi connectivity index (χ2n) is 5.26. The van der Waals surface area contributed by atoms with Crippen molar-refractivity contribution in [3.05, 3.63) is 29.3 Å². The number of halogens is 4. The van der Waals surface area contributed by atoms with Gasteiger partial charge >= 0.3 is 0 Å². The van der Waals surface area contributed by atoms with Gasteiger partial charge in [-0.3, -0.25) is 0 Å². The van der Waals surface area contributed by atoms with E-state index >= 15 is 0 Å². The maximum absolute atomic E-state index is 13.4. The van der Waals surface area contributed by atoms with Gasteiger partial charge in [-0.05, 0) is 12.3 Å². The minimum Gasteiger partial charge on any atom is -0.391 e. The Hall–Kier alpha value is -1.30. The van der Waals surface area contributed by atoms with E-state index in [1.807, 2.05) is 0 Å². The molecular formula is C14H17F4NO. The highest BCUT2D eigenvalue weighted by Gasteiger charge is 2.22. The molecule has 1 aromatic rings.